The Labute approximate surface area is 116 Å². The van der Waals surface area contributed by atoms with Gasteiger partial charge in [-0.25, -0.2) is 0 Å². The Morgan fingerprint density at radius 1 is 1.32 bits per heavy atom. The molecule has 1 aromatic carbocycles. The van der Waals surface area contributed by atoms with E-state index in [1.54, 1.807) is 6.07 Å². The number of nitrogens with two attached hydrogens (primary N) is 1. The number of nitrogens with zero attached hydrogens (tertiary/aromatic N) is 1. The molecule has 0 radical (unpaired) electrons. The third kappa shape index (κ3) is 6.73. The Morgan fingerprint density at radius 2 is 2.00 bits per heavy atom. The van der Waals surface area contributed by atoms with Gasteiger partial charge in [-0.1, -0.05) is 12.1 Å². The Balaban J connectivity index is 2.54. The molecule has 0 spiro atoms. The lowest BCUT2D eigenvalue weighted by Gasteiger charge is -2.26. The third-order valence-corrected chi connectivity index (χ3v) is 3.43. The summed E-state index contributed by atoms with van der Waals surface area (Å²) in [4.78, 5) is 2.01. The second kappa shape index (κ2) is 7.05. The van der Waals surface area contributed by atoms with Gasteiger partial charge in [-0.15, -0.1) is 0 Å². The Hall–Kier alpha value is -0.880. The molecule has 2 N–H and O–H groups in total. The van der Waals surface area contributed by atoms with E-state index in [2.05, 4.69) is 0 Å². The van der Waals surface area contributed by atoms with Gasteiger partial charge in [0.05, 0.1) is 0 Å². The number of hydrogen-bond donors (Lipinski definition) is 1. The van der Waals surface area contributed by atoms with Crippen LogP contribution in [0.1, 0.15) is 19.4 Å². The van der Waals surface area contributed by atoms with Gasteiger partial charge in [-0.05, 0) is 43.3 Å². The highest BCUT2D eigenvalue weighted by molar-refractivity contribution is 8.00. The minimum absolute atomic E-state index is 0.0267. The summed E-state index contributed by atoms with van der Waals surface area (Å²) in [6, 6.07) is 7.63. The molecule has 0 bridgehead atoms. The summed E-state index contributed by atoms with van der Waals surface area (Å²) in [5.74, 6) is 0.0456. The lowest BCUT2D eigenvalue weighted by Crippen LogP contribution is -2.32. The molecule has 0 aromatic heterocycles. The number of rotatable bonds is 6. The summed E-state index contributed by atoms with van der Waals surface area (Å²) in [5, 5.41) is 0. The molecule has 0 heterocycles. The second-order valence-electron chi connectivity index (χ2n) is 4.60. The van der Waals surface area contributed by atoms with E-state index >= 15 is 0 Å². The molecule has 108 valence electrons. The molecule has 1 rings (SSSR count). The minimum atomic E-state index is -4.15. The van der Waals surface area contributed by atoms with E-state index in [1.165, 1.54) is 0 Å². The molecular weight excluding hydrogens is 273 g/mol. The Morgan fingerprint density at radius 3 is 2.53 bits per heavy atom. The van der Waals surface area contributed by atoms with Crippen LogP contribution in [0.3, 0.4) is 0 Å². The van der Waals surface area contributed by atoms with Crippen molar-refractivity contribution in [1.82, 2.24) is 4.90 Å². The number of nitrogen functional groups attached to an aromatic ring is 1. The molecule has 1 aromatic rings. The predicted molar refractivity (Wildman–Crippen MR) is 74.9 cm³/mol. The van der Waals surface area contributed by atoms with Crippen molar-refractivity contribution in [2.45, 2.75) is 31.9 Å². The summed E-state index contributed by atoms with van der Waals surface area (Å²) in [7, 11) is 0. The summed E-state index contributed by atoms with van der Waals surface area (Å²) < 4.78 is 36.3. The van der Waals surface area contributed by atoms with Crippen LogP contribution >= 0.6 is 11.8 Å². The Kier molecular flexibility index (Phi) is 6.00. The molecular formula is C13H19F3N2S. The summed E-state index contributed by atoms with van der Waals surface area (Å²) in [5.41, 5.74) is 3.23. The van der Waals surface area contributed by atoms with Crippen LogP contribution in [0.25, 0.3) is 0 Å². The molecule has 0 saturated carbocycles. The quantitative estimate of drug-likeness (QED) is 0.810. The van der Waals surface area contributed by atoms with E-state index in [4.69, 9.17) is 5.73 Å². The molecule has 0 atom stereocenters. The van der Waals surface area contributed by atoms with E-state index in [-0.39, 0.29) is 23.6 Å². The van der Waals surface area contributed by atoms with Gasteiger partial charge in [0.25, 0.3) is 0 Å². The first-order valence-corrected chi connectivity index (χ1v) is 7.05. The van der Waals surface area contributed by atoms with E-state index in [0.29, 0.717) is 18.8 Å². The molecule has 19 heavy (non-hydrogen) atoms. The van der Waals surface area contributed by atoms with Crippen molar-refractivity contribution in [1.29, 1.82) is 0 Å². The average Bonchev–Trinajstić information content (AvgIpc) is 2.26. The summed E-state index contributed by atoms with van der Waals surface area (Å²) in [6.45, 7) is 4.97. The van der Waals surface area contributed by atoms with Gasteiger partial charge in [-0.3, -0.25) is 4.90 Å². The van der Waals surface area contributed by atoms with E-state index in [0.717, 1.165) is 5.56 Å². The van der Waals surface area contributed by atoms with Gasteiger partial charge in [0.2, 0.25) is 0 Å². The molecule has 0 aliphatic carbocycles. The molecule has 2 nitrogen and oxygen atoms in total. The number of benzene rings is 1. The predicted octanol–water partition coefficient (Wildman–Crippen LogP) is 3.73. The van der Waals surface area contributed by atoms with Crippen LogP contribution in [0.2, 0.25) is 0 Å². The topological polar surface area (TPSA) is 29.3 Å². The van der Waals surface area contributed by atoms with Crippen molar-refractivity contribution < 1.29 is 13.2 Å². The van der Waals surface area contributed by atoms with Crippen molar-refractivity contribution in [2.75, 3.05) is 18.0 Å². The summed E-state index contributed by atoms with van der Waals surface area (Å²) >= 11 is 0.0267. The average molecular weight is 292 g/mol. The van der Waals surface area contributed by atoms with Crippen LogP contribution in [0.5, 0.6) is 0 Å². The lowest BCUT2D eigenvalue weighted by atomic mass is 10.1. The number of anilines is 1. The third-order valence-electron chi connectivity index (χ3n) is 2.71. The molecule has 6 heteroatoms. The van der Waals surface area contributed by atoms with Gasteiger partial charge in [0.1, 0.15) is 0 Å². The highest BCUT2D eigenvalue weighted by Crippen LogP contribution is 2.30. The van der Waals surface area contributed by atoms with Crippen molar-refractivity contribution in [2.24, 2.45) is 0 Å². The van der Waals surface area contributed by atoms with E-state index in [1.807, 2.05) is 36.9 Å². The van der Waals surface area contributed by atoms with Crippen LogP contribution in [-0.2, 0) is 6.54 Å². The van der Waals surface area contributed by atoms with E-state index < -0.39 is 5.51 Å². The zero-order valence-corrected chi connectivity index (χ0v) is 11.9. The van der Waals surface area contributed by atoms with Crippen molar-refractivity contribution >= 4 is 17.4 Å². The molecule has 0 aliphatic heterocycles. The standard InChI is InChI=1S/C13H19F3N2S/c1-10(2)18(6-7-19-13(14,15)16)9-11-4-3-5-12(17)8-11/h3-5,8,10H,6-7,9,17H2,1-2H3. The molecule has 0 aliphatic rings. The second-order valence-corrected chi connectivity index (χ2v) is 5.76. The maximum atomic E-state index is 12.1. The Bertz CT molecular complexity index is 394. The highest BCUT2D eigenvalue weighted by atomic mass is 32.2. The number of halogens is 3. The monoisotopic (exact) mass is 292 g/mol. The largest absolute Gasteiger partial charge is 0.441 e. The van der Waals surface area contributed by atoms with Gasteiger partial charge >= 0.3 is 5.51 Å². The first-order chi connectivity index (χ1) is 8.78. The lowest BCUT2D eigenvalue weighted by molar-refractivity contribution is -0.0329. The van der Waals surface area contributed by atoms with Crippen molar-refractivity contribution in [3.63, 3.8) is 0 Å². The van der Waals surface area contributed by atoms with Crippen LogP contribution in [0, 0.1) is 0 Å². The number of alkyl halides is 3. The SMILES string of the molecule is CC(C)N(CCSC(F)(F)F)Cc1cccc(N)c1. The molecule has 0 fully saturated rings. The van der Waals surface area contributed by atoms with Gasteiger partial charge in [0, 0.05) is 30.6 Å². The first-order valence-electron chi connectivity index (χ1n) is 6.07. The zero-order chi connectivity index (χ0) is 14.5. The number of thioether (sulfide) groups is 1. The smallest absolute Gasteiger partial charge is 0.399 e. The van der Waals surface area contributed by atoms with Gasteiger partial charge in [-0.2, -0.15) is 13.2 Å². The normalized spacial score (nSPS) is 12.4. The van der Waals surface area contributed by atoms with Crippen molar-refractivity contribution in [3.8, 4) is 0 Å². The number of hydrogen-bond acceptors (Lipinski definition) is 3. The van der Waals surface area contributed by atoms with Crippen LogP contribution < -0.4 is 5.73 Å². The fourth-order valence-electron chi connectivity index (χ4n) is 1.72. The molecule has 0 amide bonds. The molecule has 0 saturated heterocycles. The van der Waals surface area contributed by atoms with Gasteiger partial charge < -0.3 is 5.73 Å². The van der Waals surface area contributed by atoms with E-state index in [9.17, 15) is 13.2 Å². The van der Waals surface area contributed by atoms with Crippen molar-refractivity contribution in [3.05, 3.63) is 29.8 Å². The summed E-state index contributed by atoms with van der Waals surface area (Å²) in [6.07, 6.45) is 0. The maximum Gasteiger partial charge on any atom is 0.441 e. The minimum Gasteiger partial charge on any atom is -0.399 e. The van der Waals surface area contributed by atoms with Crippen LogP contribution in [0.15, 0.2) is 24.3 Å². The van der Waals surface area contributed by atoms with Gasteiger partial charge in [0.15, 0.2) is 0 Å². The highest BCUT2D eigenvalue weighted by Gasteiger charge is 2.28. The first kappa shape index (κ1) is 16.2. The zero-order valence-electron chi connectivity index (χ0n) is 11.1. The van der Waals surface area contributed by atoms with Crippen LogP contribution in [-0.4, -0.2) is 28.7 Å². The van der Waals surface area contributed by atoms with Crippen LogP contribution in [0.4, 0.5) is 18.9 Å². The maximum absolute atomic E-state index is 12.1. The fraction of sp³-hybridized carbons (Fsp3) is 0.538. The fourth-order valence-corrected chi connectivity index (χ4v) is 2.28. The molecule has 0 unspecified atom stereocenters.